The molecule has 2 nitrogen and oxygen atoms in total. The van der Waals surface area contributed by atoms with Crippen LogP contribution in [0.25, 0.3) is 0 Å². The summed E-state index contributed by atoms with van der Waals surface area (Å²) in [5, 5.41) is 3.28. The van der Waals surface area contributed by atoms with Gasteiger partial charge in [0.1, 0.15) is 0 Å². The van der Waals surface area contributed by atoms with Crippen molar-refractivity contribution < 1.29 is 9.13 Å². The van der Waals surface area contributed by atoms with Crippen molar-refractivity contribution >= 4 is 0 Å². The van der Waals surface area contributed by atoms with Gasteiger partial charge >= 0.3 is 0 Å². The first kappa shape index (κ1) is 14.1. The largest absolute Gasteiger partial charge is 0.375 e. The second kappa shape index (κ2) is 7.41. The van der Waals surface area contributed by atoms with Gasteiger partial charge in [0.2, 0.25) is 0 Å². The van der Waals surface area contributed by atoms with Crippen molar-refractivity contribution in [3.05, 3.63) is 35.9 Å². The Morgan fingerprint density at radius 3 is 2.59 bits per heavy atom. The molecule has 0 spiro atoms. The molecule has 1 aromatic rings. The molecule has 96 valence electrons. The van der Waals surface area contributed by atoms with Crippen LogP contribution in [0.3, 0.4) is 0 Å². The first-order chi connectivity index (χ1) is 8.14. The summed E-state index contributed by atoms with van der Waals surface area (Å²) in [7, 11) is 0. The number of nitrogens with one attached hydrogen (secondary N) is 1. The summed E-state index contributed by atoms with van der Waals surface area (Å²) < 4.78 is 17.6. The van der Waals surface area contributed by atoms with Crippen molar-refractivity contribution in [3.8, 4) is 0 Å². The summed E-state index contributed by atoms with van der Waals surface area (Å²) in [5.74, 6) is 0. The minimum Gasteiger partial charge on any atom is -0.375 e. The van der Waals surface area contributed by atoms with Crippen LogP contribution in [0.4, 0.5) is 4.39 Å². The zero-order valence-electron chi connectivity index (χ0n) is 10.7. The molecule has 0 aliphatic rings. The smallest absolute Gasteiger partial charge is 0.0906 e. The molecule has 0 aromatic heterocycles. The van der Waals surface area contributed by atoms with Crippen LogP contribution in [0.5, 0.6) is 0 Å². The summed E-state index contributed by atoms with van der Waals surface area (Å²) in [6.07, 6.45) is 0.558. The minimum absolute atomic E-state index is 0.107. The van der Waals surface area contributed by atoms with E-state index in [0.717, 1.165) is 0 Å². The average molecular weight is 239 g/mol. The lowest BCUT2D eigenvalue weighted by Crippen LogP contribution is -2.44. The van der Waals surface area contributed by atoms with Gasteiger partial charge in [-0.3, -0.25) is 4.39 Å². The third-order valence-electron chi connectivity index (χ3n) is 2.49. The van der Waals surface area contributed by atoms with Gasteiger partial charge in [-0.05, 0) is 32.4 Å². The highest BCUT2D eigenvalue weighted by atomic mass is 19.1. The third kappa shape index (κ3) is 6.39. The van der Waals surface area contributed by atoms with E-state index < -0.39 is 0 Å². The van der Waals surface area contributed by atoms with Gasteiger partial charge in [-0.25, -0.2) is 0 Å². The second-order valence-corrected chi connectivity index (χ2v) is 4.83. The van der Waals surface area contributed by atoms with Gasteiger partial charge in [0, 0.05) is 5.54 Å². The van der Waals surface area contributed by atoms with E-state index in [-0.39, 0.29) is 12.2 Å². The Morgan fingerprint density at radius 2 is 1.94 bits per heavy atom. The fraction of sp³-hybridized carbons (Fsp3) is 0.571. The van der Waals surface area contributed by atoms with Crippen LogP contribution in [0.1, 0.15) is 25.8 Å². The summed E-state index contributed by atoms with van der Waals surface area (Å²) in [6.45, 7) is 5.79. The summed E-state index contributed by atoms with van der Waals surface area (Å²) in [6, 6.07) is 10.1. The Morgan fingerprint density at radius 1 is 1.24 bits per heavy atom. The summed E-state index contributed by atoms with van der Waals surface area (Å²) >= 11 is 0. The van der Waals surface area contributed by atoms with Crippen LogP contribution in [0, 0.1) is 0 Å². The number of alkyl halides is 1. The van der Waals surface area contributed by atoms with Gasteiger partial charge in [0.05, 0.1) is 19.9 Å². The number of benzene rings is 1. The SMILES string of the molecule is CC(C)(COCc1ccccc1)NCCCF. The van der Waals surface area contributed by atoms with Crippen LogP contribution in [0.15, 0.2) is 30.3 Å². The Balaban J connectivity index is 2.20. The molecule has 0 bridgehead atoms. The molecule has 1 N–H and O–H groups in total. The van der Waals surface area contributed by atoms with E-state index in [2.05, 4.69) is 19.2 Å². The monoisotopic (exact) mass is 239 g/mol. The first-order valence-corrected chi connectivity index (χ1v) is 6.07. The van der Waals surface area contributed by atoms with E-state index in [9.17, 15) is 4.39 Å². The maximum atomic E-state index is 12.0. The molecule has 0 aliphatic carbocycles. The van der Waals surface area contributed by atoms with Crippen molar-refractivity contribution in [1.29, 1.82) is 0 Å². The van der Waals surface area contributed by atoms with Crippen LogP contribution in [-0.2, 0) is 11.3 Å². The van der Waals surface area contributed by atoms with Crippen LogP contribution < -0.4 is 5.32 Å². The zero-order chi connectivity index (χ0) is 12.6. The van der Waals surface area contributed by atoms with Gasteiger partial charge in [-0.1, -0.05) is 30.3 Å². The van der Waals surface area contributed by atoms with Gasteiger partial charge in [0.25, 0.3) is 0 Å². The Bertz CT molecular complexity index is 300. The van der Waals surface area contributed by atoms with E-state index >= 15 is 0 Å². The summed E-state index contributed by atoms with van der Waals surface area (Å²) in [5.41, 5.74) is 1.07. The Labute approximate surface area is 103 Å². The molecule has 1 aromatic carbocycles. The molecule has 0 saturated carbocycles. The molecule has 1 rings (SSSR count). The molecule has 0 atom stereocenters. The predicted molar refractivity (Wildman–Crippen MR) is 68.8 cm³/mol. The van der Waals surface area contributed by atoms with Crippen LogP contribution >= 0.6 is 0 Å². The quantitative estimate of drug-likeness (QED) is 0.704. The Kier molecular flexibility index (Phi) is 6.16. The van der Waals surface area contributed by atoms with E-state index in [4.69, 9.17) is 4.74 Å². The lowest BCUT2D eigenvalue weighted by atomic mass is 10.1. The third-order valence-corrected chi connectivity index (χ3v) is 2.49. The molecular formula is C14H22FNO. The highest BCUT2D eigenvalue weighted by Crippen LogP contribution is 2.06. The lowest BCUT2D eigenvalue weighted by molar-refractivity contribution is 0.0708. The highest BCUT2D eigenvalue weighted by Gasteiger charge is 2.16. The second-order valence-electron chi connectivity index (χ2n) is 4.83. The standard InChI is InChI=1S/C14H22FNO/c1-14(2,16-10-6-9-15)12-17-11-13-7-4-3-5-8-13/h3-5,7-8,16H,6,9-12H2,1-2H3. The number of rotatable bonds is 8. The van der Waals surface area contributed by atoms with E-state index in [0.29, 0.717) is 26.2 Å². The van der Waals surface area contributed by atoms with Crippen molar-refractivity contribution in [2.45, 2.75) is 32.4 Å². The van der Waals surface area contributed by atoms with Crippen molar-refractivity contribution in [3.63, 3.8) is 0 Å². The van der Waals surface area contributed by atoms with E-state index in [1.807, 2.05) is 30.3 Å². The molecule has 0 aliphatic heterocycles. The van der Waals surface area contributed by atoms with Crippen molar-refractivity contribution in [2.24, 2.45) is 0 Å². The molecule has 0 saturated heterocycles. The molecule has 0 amide bonds. The number of halogens is 1. The molecule has 0 fully saturated rings. The predicted octanol–water partition coefficient (Wildman–Crippen LogP) is 2.93. The average Bonchev–Trinajstić information content (AvgIpc) is 2.30. The molecule has 0 unspecified atom stereocenters. The van der Waals surface area contributed by atoms with Gasteiger partial charge in [0.15, 0.2) is 0 Å². The van der Waals surface area contributed by atoms with Crippen molar-refractivity contribution in [2.75, 3.05) is 19.8 Å². The molecule has 17 heavy (non-hydrogen) atoms. The number of hydrogen-bond acceptors (Lipinski definition) is 2. The topological polar surface area (TPSA) is 21.3 Å². The number of hydrogen-bond donors (Lipinski definition) is 1. The summed E-state index contributed by atoms with van der Waals surface area (Å²) in [4.78, 5) is 0. The van der Waals surface area contributed by atoms with Gasteiger partial charge < -0.3 is 10.1 Å². The lowest BCUT2D eigenvalue weighted by Gasteiger charge is -2.26. The first-order valence-electron chi connectivity index (χ1n) is 6.07. The van der Waals surface area contributed by atoms with E-state index in [1.165, 1.54) is 5.56 Å². The molecular weight excluding hydrogens is 217 g/mol. The zero-order valence-corrected chi connectivity index (χ0v) is 10.7. The highest BCUT2D eigenvalue weighted by molar-refractivity contribution is 5.13. The molecule has 3 heteroatoms. The van der Waals surface area contributed by atoms with Gasteiger partial charge in [-0.15, -0.1) is 0 Å². The van der Waals surface area contributed by atoms with Crippen LogP contribution in [-0.4, -0.2) is 25.4 Å². The number of ether oxygens (including phenoxy) is 1. The molecule has 0 radical (unpaired) electrons. The maximum Gasteiger partial charge on any atom is 0.0906 e. The maximum absolute atomic E-state index is 12.0. The van der Waals surface area contributed by atoms with Gasteiger partial charge in [-0.2, -0.15) is 0 Å². The fourth-order valence-corrected chi connectivity index (χ4v) is 1.54. The minimum atomic E-state index is -0.270. The fourth-order valence-electron chi connectivity index (χ4n) is 1.54. The van der Waals surface area contributed by atoms with Crippen LogP contribution in [0.2, 0.25) is 0 Å². The van der Waals surface area contributed by atoms with Crippen molar-refractivity contribution in [1.82, 2.24) is 5.32 Å². The normalized spacial score (nSPS) is 11.7. The van der Waals surface area contributed by atoms with E-state index in [1.54, 1.807) is 0 Å². The molecule has 0 heterocycles. The Hall–Kier alpha value is -0.930.